The third-order valence-electron chi connectivity index (χ3n) is 2.92. The molecule has 94 valence electrons. The van der Waals surface area contributed by atoms with Gasteiger partial charge in [0.2, 0.25) is 0 Å². The number of nitrogens with two attached hydrogens (primary N) is 1. The van der Waals surface area contributed by atoms with Crippen LogP contribution in [0.3, 0.4) is 0 Å². The van der Waals surface area contributed by atoms with Gasteiger partial charge in [-0.15, -0.1) is 0 Å². The number of nitro groups is 1. The molecule has 0 amide bonds. The molecule has 18 heavy (non-hydrogen) atoms. The molecule has 0 spiro atoms. The minimum Gasteiger partial charge on any atom is -0.398 e. The second kappa shape index (κ2) is 4.92. The first-order chi connectivity index (χ1) is 8.61. The molecule has 0 radical (unpaired) electrons. The fourth-order valence-electron chi connectivity index (χ4n) is 1.97. The molecule has 1 fully saturated rings. The van der Waals surface area contributed by atoms with Gasteiger partial charge in [-0.05, 0) is 18.9 Å². The first-order valence-electron chi connectivity index (χ1n) is 5.80. The quantitative estimate of drug-likeness (QED) is 0.487. The van der Waals surface area contributed by atoms with Gasteiger partial charge in [-0.1, -0.05) is 0 Å². The van der Waals surface area contributed by atoms with Crippen molar-refractivity contribution in [1.29, 1.82) is 5.26 Å². The molecule has 0 saturated heterocycles. The molecule has 1 aliphatic rings. The van der Waals surface area contributed by atoms with Gasteiger partial charge in [-0.25, -0.2) is 0 Å². The van der Waals surface area contributed by atoms with E-state index in [1.165, 1.54) is 12.1 Å². The van der Waals surface area contributed by atoms with Gasteiger partial charge >= 0.3 is 0 Å². The van der Waals surface area contributed by atoms with Crippen LogP contribution in [0.2, 0.25) is 0 Å². The van der Waals surface area contributed by atoms with Crippen LogP contribution < -0.4 is 10.6 Å². The number of hydrogen-bond donors (Lipinski definition) is 1. The lowest BCUT2D eigenvalue weighted by Crippen LogP contribution is -2.26. The maximum Gasteiger partial charge on any atom is 0.273 e. The molecule has 1 aromatic carbocycles. The van der Waals surface area contributed by atoms with Crippen LogP contribution in [-0.4, -0.2) is 17.5 Å². The molecular weight excluding hydrogens is 232 g/mol. The summed E-state index contributed by atoms with van der Waals surface area (Å²) < 4.78 is 0. The van der Waals surface area contributed by atoms with E-state index >= 15 is 0 Å². The maximum absolute atomic E-state index is 10.8. The Hall–Kier alpha value is -2.29. The van der Waals surface area contributed by atoms with Crippen LogP contribution >= 0.6 is 0 Å². The second-order valence-corrected chi connectivity index (χ2v) is 4.37. The number of non-ortho nitro benzene ring substituents is 1. The highest BCUT2D eigenvalue weighted by molar-refractivity contribution is 5.63. The monoisotopic (exact) mass is 246 g/mol. The molecule has 1 aromatic rings. The van der Waals surface area contributed by atoms with Crippen molar-refractivity contribution in [3.05, 3.63) is 28.3 Å². The molecule has 0 aromatic heterocycles. The lowest BCUT2D eigenvalue weighted by atomic mass is 10.2. The molecule has 6 heteroatoms. The average molecular weight is 246 g/mol. The molecule has 2 rings (SSSR count). The summed E-state index contributed by atoms with van der Waals surface area (Å²) in [7, 11) is 0. The largest absolute Gasteiger partial charge is 0.398 e. The first-order valence-corrected chi connectivity index (χ1v) is 5.80. The Morgan fingerprint density at radius 2 is 2.22 bits per heavy atom. The van der Waals surface area contributed by atoms with E-state index in [0.717, 1.165) is 18.5 Å². The van der Waals surface area contributed by atoms with Gasteiger partial charge in [0, 0.05) is 36.1 Å². The predicted molar refractivity (Wildman–Crippen MR) is 68.1 cm³/mol. The number of nitrogen functional groups attached to an aromatic ring is 1. The second-order valence-electron chi connectivity index (χ2n) is 4.37. The normalized spacial score (nSPS) is 13.9. The lowest BCUT2D eigenvalue weighted by Gasteiger charge is -2.23. The molecule has 2 N–H and O–H groups in total. The Morgan fingerprint density at radius 1 is 1.50 bits per heavy atom. The van der Waals surface area contributed by atoms with Crippen molar-refractivity contribution in [2.75, 3.05) is 17.2 Å². The van der Waals surface area contributed by atoms with Crippen LogP contribution in [0.4, 0.5) is 17.1 Å². The fourth-order valence-corrected chi connectivity index (χ4v) is 1.97. The van der Waals surface area contributed by atoms with E-state index in [1.54, 1.807) is 6.07 Å². The Morgan fingerprint density at radius 3 is 2.78 bits per heavy atom. The molecule has 1 saturated carbocycles. The van der Waals surface area contributed by atoms with Crippen LogP contribution in [0.1, 0.15) is 19.3 Å². The zero-order chi connectivity index (χ0) is 13.1. The van der Waals surface area contributed by atoms with Gasteiger partial charge in [-0.2, -0.15) is 5.26 Å². The summed E-state index contributed by atoms with van der Waals surface area (Å²) in [6.07, 6.45) is 2.53. The summed E-state index contributed by atoms with van der Waals surface area (Å²) in [5.41, 5.74) is 6.79. The molecular formula is C12H14N4O2. The van der Waals surface area contributed by atoms with Crippen molar-refractivity contribution in [3.63, 3.8) is 0 Å². The van der Waals surface area contributed by atoms with Crippen LogP contribution in [-0.2, 0) is 0 Å². The summed E-state index contributed by atoms with van der Waals surface area (Å²) >= 11 is 0. The molecule has 0 unspecified atom stereocenters. The Bertz CT molecular complexity index is 505. The van der Waals surface area contributed by atoms with Gasteiger partial charge < -0.3 is 10.6 Å². The van der Waals surface area contributed by atoms with Crippen LogP contribution in [0.5, 0.6) is 0 Å². The SMILES string of the molecule is N#CCCN(c1cc(N)cc([N+](=O)[O-])c1)C1CC1. The summed E-state index contributed by atoms with van der Waals surface area (Å²) in [5, 5.41) is 19.5. The van der Waals surface area contributed by atoms with Crippen molar-refractivity contribution in [1.82, 2.24) is 0 Å². The Kier molecular flexibility index (Phi) is 3.33. The molecule has 0 aliphatic heterocycles. The van der Waals surface area contributed by atoms with Gasteiger partial charge in [-0.3, -0.25) is 10.1 Å². The van der Waals surface area contributed by atoms with Crippen molar-refractivity contribution in [2.24, 2.45) is 0 Å². The molecule has 1 aliphatic carbocycles. The van der Waals surface area contributed by atoms with Crippen molar-refractivity contribution < 1.29 is 4.92 Å². The molecule has 0 bridgehead atoms. The summed E-state index contributed by atoms with van der Waals surface area (Å²) in [4.78, 5) is 12.4. The number of nitro benzene ring substituents is 1. The maximum atomic E-state index is 10.8. The van der Waals surface area contributed by atoms with E-state index in [1.807, 2.05) is 4.90 Å². The van der Waals surface area contributed by atoms with E-state index in [2.05, 4.69) is 6.07 Å². The molecule has 6 nitrogen and oxygen atoms in total. The number of anilines is 2. The highest BCUT2D eigenvalue weighted by Crippen LogP contribution is 2.34. The highest BCUT2D eigenvalue weighted by Gasteiger charge is 2.29. The van der Waals surface area contributed by atoms with Crippen molar-refractivity contribution in [3.8, 4) is 6.07 Å². The van der Waals surface area contributed by atoms with Gasteiger partial charge in [0.25, 0.3) is 5.69 Å². The summed E-state index contributed by atoms with van der Waals surface area (Å²) in [5.74, 6) is 0. The number of benzene rings is 1. The van der Waals surface area contributed by atoms with E-state index in [0.29, 0.717) is 24.7 Å². The Balaban J connectivity index is 2.29. The minimum absolute atomic E-state index is 0.00684. The number of rotatable bonds is 5. The summed E-state index contributed by atoms with van der Waals surface area (Å²) in [6, 6.07) is 7.08. The van der Waals surface area contributed by atoms with Crippen LogP contribution in [0.25, 0.3) is 0 Å². The van der Waals surface area contributed by atoms with Crippen molar-refractivity contribution >= 4 is 17.1 Å². The smallest absolute Gasteiger partial charge is 0.273 e. The third-order valence-corrected chi connectivity index (χ3v) is 2.92. The van der Waals surface area contributed by atoms with Crippen LogP contribution in [0.15, 0.2) is 18.2 Å². The topological polar surface area (TPSA) is 96.2 Å². The fraction of sp³-hybridized carbons (Fsp3) is 0.417. The third kappa shape index (κ3) is 2.69. The minimum atomic E-state index is -0.449. The molecule has 0 atom stereocenters. The lowest BCUT2D eigenvalue weighted by molar-refractivity contribution is -0.384. The Labute approximate surface area is 105 Å². The number of hydrogen-bond acceptors (Lipinski definition) is 5. The number of nitriles is 1. The molecule has 0 heterocycles. The van der Waals surface area contributed by atoms with Gasteiger partial charge in [0.15, 0.2) is 0 Å². The summed E-state index contributed by atoms with van der Waals surface area (Å²) in [6.45, 7) is 0.585. The van der Waals surface area contributed by atoms with Crippen molar-refractivity contribution in [2.45, 2.75) is 25.3 Å². The first kappa shape index (κ1) is 12.2. The van der Waals surface area contributed by atoms with Gasteiger partial charge in [0.1, 0.15) is 0 Å². The standard InChI is InChI=1S/C12H14N4O2/c13-4-1-5-15(10-2-3-10)11-6-9(14)7-12(8-11)16(17)18/h6-8,10H,1-3,5,14H2. The van der Waals surface area contributed by atoms with E-state index in [9.17, 15) is 10.1 Å². The zero-order valence-electron chi connectivity index (χ0n) is 9.87. The van der Waals surface area contributed by atoms with E-state index in [-0.39, 0.29) is 5.69 Å². The van der Waals surface area contributed by atoms with E-state index < -0.39 is 4.92 Å². The highest BCUT2D eigenvalue weighted by atomic mass is 16.6. The van der Waals surface area contributed by atoms with E-state index in [4.69, 9.17) is 11.0 Å². The van der Waals surface area contributed by atoms with Gasteiger partial charge in [0.05, 0.1) is 17.4 Å². The predicted octanol–water partition coefficient (Wildman–Crippen LogP) is 2.06. The number of nitrogens with zero attached hydrogens (tertiary/aromatic N) is 3. The zero-order valence-corrected chi connectivity index (χ0v) is 9.87. The average Bonchev–Trinajstić information content (AvgIpc) is 3.13. The van der Waals surface area contributed by atoms with Crippen LogP contribution in [0, 0.1) is 21.4 Å².